The van der Waals surface area contributed by atoms with Crippen molar-refractivity contribution in [3.05, 3.63) is 11.9 Å². The van der Waals surface area contributed by atoms with E-state index in [0.717, 1.165) is 24.7 Å². The van der Waals surface area contributed by atoms with Crippen molar-refractivity contribution in [2.75, 3.05) is 13.2 Å². The highest BCUT2D eigenvalue weighted by atomic mass is 16.3. The van der Waals surface area contributed by atoms with Gasteiger partial charge in [-0.25, -0.2) is 4.68 Å². The third-order valence-electron chi connectivity index (χ3n) is 2.61. The van der Waals surface area contributed by atoms with Crippen LogP contribution in [0.25, 0.3) is 0 Å². The zero-order chi connectivity index (χ0) is 12.5. The summed E-state index contributed by atoms with van der Waals surface area (Å²) in [7, 11) is 0. The fraction of sp³-hybridized carbons (Fsp3) is 0.833. The summed E-state index contributed by atoms with van der Waals surface area (Å²) in [6.07, 6.45) is 5.66. The summed E-state index contributed by atoms with van der Waals surface area (Å²) >= 11 is 0. The molecule has 1 rings (SSSR count). The van der Waals surface area contributed by atoms with Crippen LogP contribution in [0, 0.1) is 5.92 Å². The van der Waals surface area contributed by atoms with Crippen molar-refractivity contribution in [3.8, 4) is 0 Å². The van der Waals surface area contributed by atoms with E-state index in [1.165, 1.54) is 19.3 Å². The number of nitrogens with zero attached hydrogens (tertiary/aromatic N) is 3. The summed E-state index contributed by atoms with van der Waals surface area (Å²) in [5.41, 5.74) is 0.933. The number of hydrogen-bond donors (Lipinski definition) is 2. The fourth-order valence-electron chi connectivity index (χ4n) is 1.65. The smallest absolute Gasteiger partial charge is 0.0964 e. The molecular formula is C12H24N4O. The first-order valence-corrected chi connectivity index (χ1v) is 6.43. The van der Waals surface area contributed by atoms with Crippen molar-refractivity contribution in [3.63, 3.8) is 0 Å². The highest BCUT2D eigenvalue weighted by molar-refractivity contribution is 4.91. The number of unbranched alkanes of at least 4 members (excludes halogenated alkanes) is 1. The van der Waals surface area contributed by atoms with E-state index in [0.29, 0.717) is 6.54 Å². The van der Waals surface area contributed by atoms with Crippen LogP contribution in [-0.4, -0.2) is 33.3 Å². The predicted octanol–water partition coefficient (Wildman–Crippen LogP) is 1.19. The van der Waals surface area contributed by atoms with Crippen molar-refractivity contribution in [2.24, 2.45) is 5.92 Å². The maximum Gasteiger partial charge on any atom is 0.0964 e. The highest BCUT2D eigenvalue weighted by Gasteiger charge is 1.99. The summed E-state index contributed by atoms with van der Waals surface area (Å²) in [5, 5.41) is 20.0. The second-order valence-electron chi connectivity index (χ2n) is 4.76. The number of rotatable bonds is 9. The third-order valence-corrected chi connectivity index (χ3v) is 2.61. The Kier molecular flexibility index (Phi) is 6.81. The first-order valence-electron chi connectivity index (χ1n) is 6.43. The largest absolute Gasteiger partial charge is 0.394 e. The second-order valence-corrected chi connectivity index (χ2v) is 4.76. The van der Waals surface area contributed by atoms with Crippen molar-refractivity contribution < 1.29 is 5.11 Å². The molecule has 1 aromatic rings. The van der Waals surface area contributed by atoms with Crippen molar-refractivity contribution in [1.82, 2.24) is 20.3 Å². The Labute approximate surface area is 103 Å². The Hall–Kier alpha value is -0.940. The van der Waals surface area contributed by atoms with Gasteiger partial charge in [-0.1, -0.05) is 31.9 Å². The van der Waals surface area contributed by atoms with Gasteiger partial charge in [0.1, 0.15) is 0 Å². The van der Waals surface area contributed by atoms with Crippen LogP contribution in [0.5, 0.6) is 0 Å². The van der Waals surface area contributed by atoms with Crippen LogP contribution in [0.15, 0.2) is 6.20 Å². The standard InChI is InChI=1S/C12H24N4O/c1-11(2)5-3-4-6-13-9-12-10-16(7-8-17)15-14-12/h10-11,13,17H,3-9H2,1-2H3. The van der Waals surface area contributed by atoms with Gasteiger partial charge in [0.15, 0.2) is 0 Å². The molecule has 17 heavy (non-hydrogen) atoms. The average molecular weight is 240 g/mol. The van der Waals surface area contributed by atoms with Gasteiger partial charge in [-0.2, -0.15) is 0 Å². The van der Waals surface area contributed by atoms with E-state index >= 15 is 0 Å². The van der Waals surface area contributed by atoms with Gasteiger partial charge in [0, 0.05) is 12.7 Å². The molecule has 1 heterocycles. The number of nitrogens with one attached hydrogen (secondary N) is 1. The third kappa shape index (κ3) is 6.38. The van der Waals surface area contributed by atoms with E-state index in [-0.39, 0.29) is 6.61 Å². The fourth-order valence-corrected chi connectivity index (χ4v) is 1.65. The van der Waals surface area contributed by atoms with Crippen LogP contribution >= 0.6 is 0 Å². The topological polar surface area (TPSA) is 63.0 Å². The van der Waals surface area contributed by atoms with E-state index in [2.05, 4.69) is 29.5 Å². The number of hydrogen-bond acceptors (Lipinski definition) is 4. The van der Waals surface area contributed by atoms with Gasteiger partial charge >= 0.3 is 0 Å². The SMILES string of the molecule is CC(C)CCCCNCc1cn(CCO)nn1. The molecule has 0 saturated heterocycles. The van der Waals surface area contributed by atoms with Crippen molar-refractivity contribution in [2.45, 2.75) is 46.2 Å². The molecule has 0 bridgehead atoms. The molecule has 0 unspecified atom stereocenters. The van der Waals surface area contributed by atoms with E-state index in [9.17, 15) is 0 Å². The molecule has 98 valence electrons. The van der Waals surface area contributed by atoms with E-state index in [1.807, 2.05) is 6.20 Å². The lowest BCUT2D eigenvalue weighted by atomic mass is 10.1. The summed E-state index contributed by atoms with van der Waals surface area (Å²) in [6, 6.07) is 0. The Morgan fingerprint density at radius 1 is 1.41 bits per heavy atom. The maximum absolute atomic E-state index is 8.74. The average Bonchev–Trinajstić information content (AvgIpc) is 2.71. The van der Waals surface area contributed by atoms with Crippen LogP contribution in [0.3, 0.4) is 0 Å². The zero-order valence-corrected chi connectivity index (χ0v) is 10.9. The predicted molar refractivity (Wildman–Crippen MR) is 67.5 cm³/mol. The maximum atomic E-state index is 8.74. The first-order chi connectivity index (χ1) is 8.22. The molecule has 0 radical (unpaired) electrons. The number of aliphatic hydroxyl groups is 1. The van der Waals surface area contributed by atoms with Gasteiger partial charge in [0.25, 0.3) is 0 Å². The lowest BCUT2D eigenvalue weighted by Gasteiger charge is -2.04. The number of aromatic nitrogens is 3. The molecule has 2 N–H and O–H groups in total. The summed E-state index contributed by atoms with van der Waals surface area (Å²) in [5.74, 6) is 0.799. The van der Waals surface area contributed by atoms with Crippen LogP contribution in [0.2, 0.25) is 0 Å². The minimum Gasteiger partial charge on any atom is -0.394 e. The normalized spacial score (nSPS) is 11.3. The first kappa shape index (κ1) is 14.1. The molecular weight excluding hydrogens is 216 g/mol. The summed E-state index contributed by atoms with van der Waals surface area (Å²) in [6.45, 7) is 6.92. The minimum absolute atomic E-state index is 0.103. The molecule has 1 aromatic heterocycles. The Balaban J connectivity index is 2.05. The van der Waals surface area contributed by atoms with Gasteiger partial charge in [0.2, 0.25) is 0 Å². The van der Waals surface area contributed by atoms with E-state index < -0.39 is 0 Å². The number of aliphatic hydroxyl groups excluding tert-OH is 1. The summed E-state index contributed by atoms with van der Waals surface area (Å²) in [4.78, 5) is 0. The Morgan fingerprint density at radius 3 is 2.94 bits per heavy atom. The lowest BCUT2D eigenvalue weighted by molar-refractivity contribution is 0.268. The molecule has 0 aliphatic carbocycles. The van der Waals surface area contributed by atoms with E-state index in [4.69, 9.17) is 5.11 Å². The zero-order valence-electron chi connectivity index (χ0n) is 10.9. The van der Waals surface area contributed by atoms with Crippen molar-refractivity contribution >= 4 is 0 Å². The van der Waals surface area contributed by atoms with Crippen LogP contribution in [0.1, 0.15) is 38.8 Å². The highest BCUT2D eigenvalue weighted by Crippen LogP contribution is 2.05. The van der Waals surface area contributed by atoms with Gasteiger partial charge in [-0.05, 0) is 18.9 Å². The van der Waals surface area contributed by atoms with Gasteiger partial charge in [0.05, 0.1) is 18.8 Å². The van der Waals surface area contributed by atoms with Gasteiger partial charge < -0.3 is 10.4 Å². The van der Waals surface area contributed by atoms with Crippen LogP contribution in [0.4, 0.5) is 0 Å². The molecule has 0 aliphatic rings. The summed E-state index contributed by atoms with van der Waals surface area (Å²) < 4.78 is 1.66. The molecule has 0 aromatic carbocycles. The van der Waals surface area contributed by atoms with Crippen molar-refractivity contribution in [1.29, 1.82) is 0 Å². The molecule has 0 spiro atoms. The van der Waals surface area contributed by atoms with Crippen LogP contribution < -0.4 is 5.32 Å². The molecule has 5 nitrogen and oxygen atoms in total. The minimum atomic E-state index is 0.103. The molecule has 0 saturated carbocycles. The van der Waals surface area contributed by atoms with Crippen LogP contribution in [-0.2, 0) is 13.1 Å². The van der Waals surface area contributed by atoms with Gasteiger partial charge in [-0.3, -0.25) is 0 Å². The van der Waals surface area contributed by atoms with Gasteiger partial charge in [-0.15, -0.1) is 5.10 Å². The monoisotopic (exact) mass is 240 g/mol. The van der Waals surface area contributed by atoms with E-state index in [1.54, 1.807) is 4.68 Å². The molecule has 5 heteroatoms. The quantitative estimate of drug-likeness (QED) is 0.636. The molecule has 0 fully saturated rings. The lowest BCUT2D eigenvalue weighted by Crippen LogP contribution is -2.15. The second kappa shape index (κ2) is 8.20. The molecule has 0 atom stereocenters. The molecule has 0 aliphatic heterocycles. The Morgan fingerprint density at radius 2 is 2.24 bits per heavy atom. The molecule has 0 amide bonds. The Bertz CT molecular complexity index is 298.